The largest absolute Gasteiger partial charge is 0.322 e. The quantitative estimate of drug-likeness (QED) is 0.242. The molecule has 0 aliphatic carbocycles. The molecular formula is C23H18ClN5O3. The summed E-state index contributed by atoms with van der Waals surface area (Å²) in [6.07, 6.45) is 4.44. The lowest BCUT2D eigenvalue weighted by molar-refractivity contribution is -0.124. The Bertz CT molecular complexity index is 1360. The third kappa shape index (κ3) is 4.66. The summed E-state index contributed by atoms with van der Waals surface area (Å²) in [7, 11) is 0. The van der Waals surface area contributed by atoms with Gasteiger partial charge in [0.1, 0.15) is 5.15 Å². The molecule has 4 aromatic rings. The number of halogens is 1. The van der Waals surface area contributed by atoms with Gasteiger partial charge in [0.25, 0.3) is 11.8 Å². The van der Waals surface area contributed by atoms with E-state index in [1.807, 2.05) is 25.1 Å². The minimum absolute atomic E-state index is 0.296. The van der Waals surface area contributed by atoms with E-state index in [2.05, 4.69) is 15.4 Å². The fourth-order valence-electron chi connectivity index (χ4n) is 3.10. The number of aromatic nitrogens is 3. The van der Waals surface area contributed by atoms with Crippen LogP contribution in [0.4, 0.5) is 5.69 Å². The average molecular weight is 448 g/mol. The van der Waals surface area contributed by atoms with Gasteiger partial charge in [-0.3, -0.25) is 14.8 Å². The molecule has 160 valence electrons. The lowest BCUT2D eigenvalue weighted by Gasteiger charge is -2.10. The van der Waals surface area contributed by atoms with Crippen molar-refractivity contribution in [2.45, 2.75) is 6.92 Å². The Hall–Kier alpha value is -4.01. The van der Waals surface area contributed by atoms with Gasteiger partial charge in [0.05, 0.1) is 11.9 Å². The topological polar surface area (TPSA) is 109 Å². The summed E-state index contributed by atoms with van der Waals surface area (Å²) in [6.45, 7) is 1.90. The molecular weight excluding hydrogens is 430 g/mol. The molecule has 0 atom stereocenters. The first-order chi connectivity index (χ1) is 15.4. The molecule has 2 aromatic heterocycles. The molecule has 8 nitrogen and oxygen atoms in total. The Balaban J connectivity index is 1.58. The fraction of sp³-hybridized carbons (Fsp3) is 0.0435. The fourth-order valence-corrected chi connectivity index (χ4v) is 3.25. The van der Waals surface area contributed by atoms with Crippen LogP contribution in [0.5, 0.6) is 0 Å². The van der Waals surface area contributed by atoms with Gasteiger partial charge in [0, 0.05) is 22.9 Å². The number of benzene rings is 2. The molecule has 0 aliphatic heterocycles. The van der Waals surface area contributed by atoms with E-state index in [4.69, 9.17) is 16.8 Å². The van der Waals surface area contributed by atoms with E-state index < -0.39 is 5.91 Å². The monoisotopic (exact) mass is 447 g/mol. The van der Waals surface area contributed by atoms with E-state index in [-0.39, 0.29) is 5.91 Å². The van der Waals surface area contributed by atoms with Crippen LogP contribution < -0.4 is 10.8 Å². The number of hydrogen-bond acceptors (Lipinski definition) is 5. The molecule has 9 heteroatoms. The maximum Gasteiger partial charge on any atom is 0.267 e. The number of hydrogen-bond donors (Lipinski definition) is 3. The Morgan fingerprint density at radius 3 is 2.78 bits per heavy atom. The molecule has 2 heterocycles. The highest BCUT2D eigenvalue weighted by atomic mass is 35.5. The summed E-state index contributed by atoms with van der Waals surface area (Å²) in [5.41, 5.74) is 6.30. The van der Waals surface area contributed by atoms with Crippen LogP contribution in [0.2, 0.25) is 5.15 Å². The van der Waals surface area contributed by atoms with E-state index in [1.165, 1.54) is 17.6 Å². The summed E-state index contributed by atoms with van der Waals surface area (Å²) in [5.74, 6) is -0.952. The Morgan fingerprint density at radius 2 is 1.97 bits per heavy atom. The second-order valence-corrected chi connectivity index (χ2v) is 7.39. The molecule has 0 aliphatic rings. The molecule has 0 radical (unpaired) electrons. The van der Waals surface area contributed by atoms with Crippen molar-refractivity contribution in [3.63, 3.8) is 0 Å². The molecule has 3 N–H and O–H groups in total. The molecule has 0 saturated heterocycles. The maximum atomic E-state index is 12.8. The van der Waals surface area contributed by atoms with E-state index in [1.54, 1.807) is 47.1 Å². The number of amides is 2. The van der Waals surface area contributed by atoms with Gasteiger partial charge in [-0.25, -0.2) is 15.0 Å². The highest BCUT2D eigenvalue weighted by molar-refractivity contribution is 6.29. The van der Waals surface area contributed by atoms with Crippen LogP contribution in [-0.2, 0) is 4.79 Å². The smallest absolute Gasteiger partial charge is 0.267 e. The molecule has 0 unspecified atom stereocenters. The molecule has 2 aromatic carbocycles. The van der Waals surface area contributed by atoms with Gasteiger partial charge in [-0.05, 0) is 54.5 Å². The number of nitrogens with zero attached hydrogens (tertiary/aromatic N) is 3. The number of carbonyl (C=O) groups excluding carboxylic acids is 2. The van der Waals surface area contributed by atoms with Crippen molar-refractivity contribution in [1.29, 1.82) is 0 Å². The summed E-state index contributed by atoms with van der Waals surface area (Å²) in [4.78, 5) is 28.6. The lowest BCUT2D eigenvalue weighted by Crippen LogP contribution is -2.15. The van der Waals surface area contributed by atoms with Crippen LogP contribution in [0.15, 0.2) is 66.9 Å². The van der Waals surface area contributed by atoms with Crippen LogP contribution in [0.3, 0.4) is 0 Å². The van der Waals surface area contributed by atoms with Crippen molar-refractivity contribution in [3.8, 4) is 11.3 Å². The number of anilines is 1. The summed E-state index contributed by atoms with van der Waals surface area (Å²) in [5, 5.41) is 16.1. The van der Waals surface area contributed by atoms with E-state index in [9.17, 15) is 9.59 Å². The normalized spacial score (nSPS) is 11.1. The third-order valence-electron chi connectivity index (χ3n) is 4.76. The van der Waals surface area contributed by atoms with E-state index >= 15 is 0 Å². The number of fused-ring (bicyclic) bond motifs is 1. The van der Waals surface area contributed by atoms with Crippen molar-refractivity contribution >= 4 is 40.8 Å². The molecule has 32 heavy (non-hydrogen) atoms. The second kappa shape index (κ2) is 9.01. The summed E-state index contributed by atoms with van der Waals surface area (Å²) in [6, 6.07) is 15.9. The van der Waals surface area contributed by atoms with Crippen molar-refractivity contribution in [2.24, 2.45) is 0 Å². The zero-order valence-electron chi connectivity index (χ0n) is 16.9. The number of carbonyl (C=O) groups is 2. The predicted octanol–water partition coefficient (Wildman–Crippen LogP) is 4.13. The first-order valence-electron chi connectivity index (χ1n) is 9.59. The molecule has 4 rings (SSSR count). The predicted molar refractivity (Wildman–Crippen MR) is 122 cm³/mol. The van der Waals surface area contributed by atoms with Gasteiger partial charge in [0.2, 0.25) is 0 Å². The average Bonchev–Trinajstić information content (AvgIpc) is 3.22. The number of imidazole rings is 1. The van der Waals surface area contributed by atoms with Crippen molar-refractivity contribution in [2.75, 3.05) is 5.32 Å². The number of nitrogens with one attached hydrogen (secondary N) is 2. The Kier molecular flexibility index (Phi) is 5.98. The van der Waals surface area contributed by atoms with Crippen LogP contribution in [0, 0.1) is 6.92 Å². The minimum Gasteiger partial charge on any atom is -0.322 e. The zero-order chi connectivity index (χ0) is 22.7. The first kappa shape index (κ1) is 21.2. The summed E-state index contributed by atoms with van der Waals surface area (Å²) < 4.78 is 1.60. The zero-order valence-corrected chi connectivity index (χ0v) is 17.7. The molecule has 0 fully saturated rings. The Labute approximate surface area is 188 Å². The van der Waals surface area contributed by atoms with Gasteiger partial charge in [0.15, 0.2) is 5.65 Å². The van der Waals surface area contributed by atoms with Crippen molar-refractivity contribution in [3.05, 3.63) is 88.7 Å². The Morgan fingerprint density at radius 1 is 1.12 bits per heavy atom. The van der Waals surface area contributed by atoms with Crippen LogP contribution in [0.1, 0.15) is 21.5 Å². The summed E-state index contributed by atoms with van der Waals surface area (Å²) >= 11 is 5.95. The molecule has 0 spiro atoms. The molecule has 0 bridgehead atoms. The molecule has 0 saturated carbocycles. The van der Waals surface area contributed by atoms with E-state index in [0.717, 1.165) is 11.1 Å². The lowest BCUT2D eigenvalue weighted by atomic mass is 10.1. The van der Waals surface area contributed by atoms with Crippen LogP contribution >= 0.6 is 11.6 Å². The van der Waals surface area contributed by atoms with Gasteiger partial charge >= 0.3 is 0 Å². The SMILES string of the molecule is Cc1ccc(-c2cn3nc(Cl)ccc3n2)cc1NC(=O)c1cccc(C=CC(=O)NO)c1. The van der Waals surface area contributed by atoms with Gasteiger partial charge in [-0.15, -0.1) is 0 Å². The third-order valence-corrected chi connectivity index (χ3v) is 4.96. The van der Waals surface area contributed by atoms with Crippen molar-refractivity contribution in [1.82, 2.24) is 20.1 Å². The number of aryl methyl sites for hydroxylation is 1. The van der Waals surface area contributed by atoms with Gasteiger partial charge in [-0.1, -0.05) is 35.9 Å². The van der Waals surface area contributed by atoms with Crippen LogP contribution in [-0.4, -0.2) is 31.6 Å². The van der Waals surface area contributed by atoms with E-state index in [0.29, 0.717) is 33.3 Å². The van der Waals surface area contributed by atoms with Gasteiger partial charge in [-0.2, -0.15) is 5.10 Å². The number of rotatable bonds is 5. The first-order valence-corrected chi connectivity index (χ1v) is 9.97. The standard InChI is InChI=1S/C23H18ClN5O3/c1-14-5-7-16(19-13-29-21(25-19)9-8-20(24)27-29)12-18(14)26-23(31)17-4-2-3-15(11-17)6-10-22(30)28-32/h2-13,32H,1H3,(H,26,31)(H,28,30). The minimum atomic E-state index is -0.656. The highest BCUT2D eigenvalue weighted by Gasteiger charge is 2.12. The highest BCUT2D eigenvalue weighted by Crippen LogP contribution is 2.26. The maximum absolute atomic E-state index is 12.8. The molecule has 2 amide bonds. The van der Waals surface area contributed by atoms with Crippen molar-refractivity contribution < 1.29 is 14.8 Å². The second-order valence-electron chi connectivity index (χ2n) is 7.00. The van der Waals surface area contributed by atoms with Crippen LogP contribution in [0.25, 0.3) is 23.0 Å². The number of hydroxylamine groups is 1. The van der Waals surface area contributed by atoms with Gasteiger partial charge < -0.3 is 5.32 Å².